The number of methoxy groups -OCH3 is 2. The van der Waals surface area contributed by atoms with Crippen LogP contribution in [-0.4, -0.2) is 36.0 Å². The van der Waals surface area contributed by atoms with Gasteiger partial charge in [0.15, 0.2) is 0 Å². The largest absolute Gasteiger partial charge is 0.497 e. The molecule has 1 aliphatic heterocycles. The van der Waals surface area contributed by atoms with E-state index in [4.69, 9.17) is 9.47 Å². The van der Waals surface area contributed by atoms with E-state index in [1.807, 2.05) is 0 Å². The van der Waals surface area contributed by atoms with Crippen molar-refractivity contribution in [1.29, 1.82) is 0 Å². The second kappa shape index (κ2) is 7.22. The molecule has 8 heteroatoms. The van der Waals surface area contributed by atoms with E-state index in [1.165, 1.54) is 25.7 Å². The van der Waals surface area contributed by atoms with Crippen LogP contribution in [0.2, 0.25) is 0 Å². The molecule has 1 aromatic carbocycles. The van der Waals surface area contributed by atoms with Crippen LogP contribution in [0.15, 0.2) is 48.1 Å². The fourth-order valence-electron chi connectivity index (χ4n) is 2.84. The Morgan fingerprint density at radius 3 is 2.65 bits per heavy atom. The van der Waals surface area contributed by atoms with Crippen LogP contribution in [0.5, 0.6) is 11.5 Å². The van der Waals surface area contributed by atoms with Crippen molar-refractivity contribution in [3.8, 4) is 11.5 Å². The normalized spacial score (nSPS) is 16.6. The van der Waals surface area contributed by atoms with Gasteiger partial charge in [-0.2, -0.15) is 0 Å². The SMILES string of the molecule is COc1ccc(C2NC(=O)NC(C)=C2C(=O)c2cnccn2)c(OC)c1. The smallest absolute Gasteiger partial charge is 0.319 e. The first-order chi connectivity index (χ1) is 12.5. The molecule has 1 aromatic heterocycles. The first kappa shape index (κ1) is 17.4. The molecule has 1 atom stereocenters. The Labute approximate surface area is 150 Å². The van der Waals surface area contributed by atoms with Crippen molar-refractivity contribution in [2.45, 2.75) is 13.0 Å². The van der Waals surface area contributed by atoms with Crippen molar-refractivity contribution in [2.24, 2.45) is 0 Å². The standard InChI is InChI=1S/C18H18N4O4/c1-10-15(17(23)13-9-19-6-7-20-13)16(22-18(24)21-10)12-5-4-11(25-2)8-14(12)26-3/h4-9,16H,1-3H3,(H2,21,22,24). The maximum atomic E-state index is 13.0. The van der Waals surface area contributed by atoms with E-state index in [0.717, 1.165) is 0 Å². The van der Waals surface area contributed by atoms with Gasteiger partial charge in [0.2, 0.25) is 5.78 Å². The number of rotatable bonds is 5. The second-order valence-electron chi connectivity index (χ2n) is 5.60. The number of hydrogen-bond donors (Lipinski definition) is 2. The molecule has 0 aliphatic carbocycles. The van der Waals surface area contributed by atoms with Crippen LogP contribution in [0.25, 0.3) is 0 Å². The fraction of sp³-hybridized carbons (Fsp3) is 0.222. The number of amides is 2. The minimum absolute atomic E-state index is 0.192. The number of Topliss-reactive ketones (excluding diaryl/α,β-unsaturated/α-hetero) is 1. The lowest BCUT2D eigenvalue weighted by atomic mass is 9.90. The minimum Gasteiger partial charge on any atom is -0.497 e. The highest BCUT2D eigenvalue weighted by molar-refractivity contribution is 6.10. The number of nitrogens with zero attached hydrogens (tertiary/aromatic N) is 2. The Morgan fingerprint density at radius 1 is 1.19 bits per heavy atom. The predicted octanol–water partition coefficient (Wildman–Crippen LogP) is 2.00. The number of hydrogen-bond acceptors (Lipinski definition) is 6. The highest BCUT2D eigenvalue weighted by atomic mass is 16.5. The van der Waals surface area contributed by atoms with Gasteiger partial charge < -0.3 is 20.1 Å². The van der Waals surface area contributed by atoms with E-state index in [2.05, 4.69) is 20.6 Å². The van der Waals surface area contributed by atoms with E-state index in [1.54, 1.807) is 32.2 Å². The van der Waals surface area contributed by atoms with Gasteiger partial charge >= 0.3 is 6.03 Å². The summed E-state index contributed by atoms with van der Waals surface area (Å²) in [5.74, 6) is 0.771. The molecule has 2 aromatic rings. The predicted molar refractivity (Wildman–Crippen MR) is 93.0 cm³/mol. The van der Waals surface area contributed by atoms with Gasteiger partial charge in [-0.1, -0.05) is 0 Å². The van der Waals surface area contributed by atoms with E-state index >= 15 is 0 Å². The van der Waals surface area contributed by atoms with Gasteiger partial charge in [-0.3, -0.25) is 9.78 Å². The highest BCUT2D eigenvalue weighted by Crippen LogP contribution is 2.36. The summed E-state index contributed by atoms with van der Waals surface area (Å²) in [6.07, 6.45) is 4.32. The van der Waals surface area contributed by atoms with E-state index < -0.39 is 12.1 Å². The zero-order chi connectivity index (χ0) is 18.7. The van der Waals surface area contributed by atoms with Crippen LogP contribution in [0.1, 0.15) is 29.0 Å². The molecule has 2 heterocycles. The van der Waals surface area contributed by atoms with Crippen LogP contribution in [-0.2, 0) is 0 Å². The van der Waals surface area contributed by atoms with Crippen LogP contribution < -0.4 is 20.1 Å². The Balaban J connectivity index is 2.11. The zero-order valence-electron chi connectivity index (χ0n) is 14.6. The number of aromatic nitrogens is 2. The number of ketones is 1. The van der Waals surface area contributed by atoms with Crippen LogP contribution in [0.3, 0.4) is 0 Å². The van der Waals surface area contributed by atoms with Crippen molar-refractivity contribution in [3.63, 3.8) is 0 Å². The number of ether oxygens (including phenoxy) is 2. The van der Waals surface area contributed by atoms with Gasteiger partial charge in [0.1, 0.15) is 17.2 Å². The van der Waals surface area contributed by atoms with E-state index in [9.17, 15) is 9.59 Å². The Hall–Kier alpha value is -3.42. The molecule has 1 unspecified atom stereocenters. The lowest BCUT2D eigenvalue weighted by molar-refractivity contribution is 0.101. The molecular formula is C18H18N4O4. The summed E-state index contributed by atoms with van der Waals surface area (Å²) in [5, 5.41) is 5.41. The molecule has 0 bridgehead atoms. The maximum absolute atomic E-state index is 13.0. The summed E-state index contributed by atoms with van der Waals surface area (Å²) in [6.45, 7) is 1.67. The van der Waals surface area contributed by atoms with Crippen molar-refractivity contribution < 1.29 is 19.1 Å². The van der Waals surface area contributed by atoms with Gasteiger partial charge in [0, 0.05) is 35.3 Å². The number of allylic oxidation sites excluding steroid dienone is 1. The van der Waals surface area contributed by atoms with Gasteiger partial charge in [-0.25, -0.2) is 9.78 Å². The van der Waals surface area contributed by atoms with Crippen molar-refractivity contribution in [3.05, 3.63) is 59.3 Å². The average Bonchev–Trinajstić information content (AvgIpc) is 2.67. The second-order valence-corrected chi connectivity index (χ2v) is 5.60. The summed E-state index contributed by atoms with van der Waals surface area (Å²) in [4.78, 5) is 33.0. The van der Waals surface area contributed by atoms with Crippen LogP contribution in [0.4, 0.5) is 4.79 Å². The van der Waals surface area contributed by atoms with E-state index in [-0.39, 0.29) is 11.5 Å². The van der Waals surface area contributed by atoms with Crippen LogP contribution in [0, 0.1) is 0 Å². The van der Waals surface area contributed by atoms with Crippen molar-refractivity contribution >= 4 is 11.8 Å². The highest BCUT2D eigenvalue weighted by Gasteiger charge is 2.34. The molecule has 2 N–H and O–H groups in total. The molecule has 2 amide bonds. The third kappa shape index (κ3) is 3.21. The van der Waals surface area contributed by atoms with Gasteiger partial charge in [0.25, 0.3) is 0 Å². The summed E-state index contributed by atoms with van der Waals surface area (Å²) >= 11 is 0. The summed E-state index contributed by atoms with van der Waals surface area (Å²) < 4.78 is 10.6. The van der Waals surface area contributed by atoms with Gasteiger partial charge in [-0.05, 0) is 19.1 Å². The Kier molecular flexibility index (Phi) is 4.83. The zero-order valence-corrected chi connectivity index (χ0v) is 14.6. The number of urea groups is 1. The lowest BCUT2D eigenvalue weighted by Crippen LogP contribution is -2.45. The van der Waals surface area contributed by atoms with Gasteiger partial charge in [0.05, 0.1) is 26.5 Å². The number of benzene rings is 1. The molecule has 1 aliphatic rings. The molecule has 0 fully saturated rings. The number of nitrogens with one attached hydrogen (secondary N) is 2. The Bertz CT molecular complexity index is 880. The molecule has 134 valence electrons. The van der Waals surface area contributed by atoms with Crippen LogP contribution >= 0.6 is 0 Å². The average molecular weight is 354 g/mol. The summed E-state index contributed by atoms with van der Waals surface area (Å²) in [5.41, 5.74) is 1.65. The molecule has 0 saturated heterocycles. The molecule has 0 saturated carbocycles. The summed E-state index contributed by atoms with van der Waals surface area (Å²) in [7, 11) is 3.07. The third-order valence-electron chi connectivity index (χ3n) is 4.06. The monoisotopic (exact) mass is 354 g/mol. The maximum Gasteiger partial charge on any atom is 0.319 e. The first-order valence-electron chi connectivity index (χ1n) is 7.86. The first-order valence-corrected chi connectivity index (χ1v) is 7.86. The third-order valence-corrected chi connectivity index (χ3v) is 4.06. The minimum atomic E-state index is -0.695. The molecular weight excluding hydrogens is 336 g/mol. The van der Waals surface area contributed by atoms with E-state index in [0.29, 0.717) is 28.3 Å². The van der Waals surface area contributed by atoms with Gasteiger partial charge in [-0.15, -0.1) is 0 Å². The summed E-state index contributed by atoms with van der Waals surface area (Å²) in [6, 6.07) is 4.10. The molecule has 0 spiro atoms. The molecule has 26 heavy (non-hydrogen) atoms. The number of carbonyl (C=O) groups is 2. The molecule has 3 rings (SSSR count). The van der Waals surface area contributed by atoms with Crippen molar-refractivity contribution in [1.82, 2.24) is 20.6 Å². The molecule has 8 nitrogen and oxygen atoms in total. The fourth-order valence-corrected chi connectivity index (χ4v) is 2.84. The molecule has 0 radical (unpaired) electrons. The quantitative estimate of drug-likeness (QED) is 0.796. The lowest BCUT2D eigenvalue weighted by Gasteiger charge is -2.29. The topological polar surface area (TPSA) is 102 Å². The van der Waals surface area contributed by atoms with Crippen molar-refractivity contribution in [2.75, 3.05) is 14.2 Å². The number of carbonyl (C=O) groups excluding carboxylic acids is 2. The Morgan fingerprint density at radius 2 is 2.00 bits per heavy atom.